The van der Waals surface area contributed by atoms with Crippen LogP contribution >= 0.6 is 11.6 Å². The molecule has 0 saturated carbocycles. The second-order valence-electron chi connectivity index (χ2n) is 4.86. The predicted molar refractivity (Wildman–Crippen MR) is 61.9 cm³/mol. The molecule has 0 bridgehead atoms. The van der Waals surface area contributed by atoms with Gasteiger partial charge in [-0.3, -0.25) is 4.57 Å². The molecule has 0 saturated heterocycles. The van der Waals surface area contributed by atoms with Crippen LogP contribution in [0.2, 0.25) is 5.28 Å². The van der Waals surface area contributed by atoms with Crippen LogP contribution < -0.4 is 0 Å². The summed E-state index contributed by atoms with van der Waals surface area (Å²) < 4.78 is 6.84. The van der Waals surface area contributed by atoms with Gasteiger partial charge in [0.15, 0.2) is 5.82 Å². The first kappa shape index (κ1) is 12.0. The number of aromatic nitrogens is 5. The Morgan fingerprint density at radius 1 is 1.29 bits per heavy atom. The van der Waals surface area contributed by atoms with Crippen LogP contribution in [0, 0.1) is 6.92 Å². The van der Waals surface area contributed by atoms with Crippen LogP contribution in [-0.4, -0.2) is 24.9 Å². The molecule has 2 rings (SSSR count). The minimum atomic E-state index is -0.144. The molecule has 0 aromatic carbocycles. The van der Waals surface area contributed by atoms with Gasteiger partial charge in [0.25, 0.3) is 0 Å². The van der Waals surface area contributed by atoms with Gasteiger partial charge in [0.05, 0.1) is 0 Å². The van der Waals surface area contributed by atoms with Crippen LogP contribution in [0.15, 0.2) is 4.52 Å². The lowest BCUT2D eigenvalue weighted by molar-refractivity contribution is 0.362. The van der Waals surface area contributed by atoms with Gasteiger partial charge in [0.1, 0.15) is 12.4 Å². The number of hydrogen-bond donors (Lipinski definition) is 0. The van der Waals surface area contributed by atoms with E-state index in [1.54, 1.807) is 11.5 Å². The van der Waals surface area contributed by atoms with Crippen molar-refractivity contribution >= 4 is 11.6 Å². The van der Waals surface area contributed by atoms with Crippen LogP contribution in [0.1, 0.15) is 38.3 Å². The quantitative estimate of drug-likeness (QED) is 0.821. The van der Waals surface area contributed by atoms with Gasteiger partial charge in [-0.15, -0.1) is 10.2 Å². The smallest absolute Gasteiger partial charge is 0.246 e. The number of hydrogen-bond acceptors (Lipinski definition) is 5. The zero-order valence-corrected chi connectivity index (χ0v) is 11.0. The Morgan fingerprint density at radius 3 is 2.53 bits per heavy atom. The summed E-state index contributed by atoms with van der Waals surface area (Å²) in [7, 11) is 0. The summed E-state index contributed by atoms with van der Waals surface area (Å²) in [5, 5.41) is 12.0. The van der Waals surface area contributed by atoms with Crippen molar-refractivity contribution < 1.29 is 4.52 Å². The monoisotopic (exact) mass is 255 g/mol. The topological polar surface area (TPSA) is 69.6 Å². The van der Waals surface area contributed by atoms with Gasteiger partial charge >= 0.3 is 0 Å². The SMILES string of the molecule is Cc1noc(Cn2c(Cl)nnc2C(C)(C)C)n1. The lowest BCUT2D eigenvalue weighted by Gasteiger charge is -2.17. The van der Waals surface area contributed by atoms with E-state index in [4.69, 9.17) is 16.1 Å². The summed E-state index contributed by atoms with van der Waals surface area (Å²) >= 11 is 6.01. The lowest BCUT2D eigenvalue weighted by atomic mass is 9.96. The van der Waals surface area contributed by atoms with Crippen molar-refractivity contribution in [2.24, 2.45) is 0 Å². The highest BCUT2D eigenvalue weighted by Crippen LogP contribution is 2.23. The Bertz CT molecular complexity index is 525. The van der Waals surface area contributed by atoms with Crippen molar-refractivity contribution in [2.75, 3.05) is 0 Å². The fourth-order valence-corrected chi connectivity index (χ4v) is 1.70. The third-order valence-electron chi connectivity index (χ3n) is 2.24. The fraction of sp³-hybridized carbons (Fsp3) is 0.600. The summed E-state index contributed by atoms with van der Waals surface area (Å²) in [6.45, 7) is 8.29. The van der Waals surface area contributed by atoms with E-state index < -0.39 is 0 Å². The Labute approximate surface area is 104 Å². The van der Waals surface area contributed by atoms with Gasteiger partial charge in [-0.05, 0) is 18.5 Å². The molecular weight excluding hydrogens is 242 g/mol. The first-order chi connectivity index (χ1) is 7.88. The number of rotatable bonds is 2. The molecular formula is C10H14ClN5O. The maximum atomic E-state index is 6.01. The molecule has 6 nitrogen and oxygen atoms in total. The van der Waals surface area contributed by atoms with Crippen LogP contribution in [0.4, 0.5) is 0 Å². The van der Waals surface area contributed by atoms with Gasteiger partial charge in [-0.2, -0.15) is 4.98 Å². The maximum absolute atomic E-state index is 6.01. The Hall–Kier alpha value is -1.43. The van der Waals surface area contributed by atoms with Crippen molar-refractivity contribution in [1.82, 2.24) is 24.9 Å². The van der Waals surface area contributed by atoms with E-state index in [2.05, 4.69) is 20.3 Å². The molecule has 0 N–H and O–H groups in total. The summed E-state index contributed by atoms with van der Waals surface area (Å²) in [4.78, 5) is 4.14. The van der Waals surface area contributed by atoms with Crippen molar-refractivity contribution in [2.45, 2.75) is 39.7 Å². The third kappa shape index (κ3) is 2.46. The molecule has 92 valence electrons. The molecule has 2 heterocycles. The first-order valence-corrected chi connectivity index (χ1v) is 5.64. The summed E-state index contributed by atoms with van der Waals surface area (Å²) in [5.41, 5.74) is -0.144. The predicted octanol–water partition coefficient (Wildman–Crippen LogP) is 1.97. The molecule has 0 aliphatic carbocycles. The van der Waals surface area contributed by atoms with E-state index >= 15 is 0 Å². The number of nitrogens with zero attached hydrogens (tertiary/aromatic N) is 5. The minimum absolute atomic E-state index is 0.144. The van der Waals surface area contributed by atoms with Crippen molar-refractivity contribution in [1.29, 1.82) is 0 Å². The minimum Gasteiger partial charge on any atom is -0.337 e. The van der Waals surface area contributed by atoms with Crippen LogP contribution in [0.3, 0.4) is 0 Å². The Morgan fingerprint density at radius 2 is 2.00 bits per heavy atom. The van der Waals surface area contributed by atoms with E-state index in [9.17, 15) is 0 Å². The van der Waals surface area contributed by atoms with Gasteiger partial charge in [0.2, 0.25) is 11.2 Å². The lowest BCUT2D eigenvalue weighted by Crippen LogP contribution is -2.19. The van der Waals surface area contributed by atoms with Crippen molar-refractivity contribution in [3.8, 4) is 0 Å². The van der Waals surface area contributed by atoms with E-state index in [1.165, 1.54) is 0 Å². The Kier molecular flexibility index (Phi) is 2.91. The molecule has 2 aromatic rings. The van der Waals surface area contributed by atoms with Crippen LogP contribution in [-0.2, 0) is 12.0 Å². The highest BCUT2D eigenvalue weighted by atomic mass is 35.5. The number of halogens is 1. The average Bonchev–Trinajstić information content (AvgIpc) is 2.74. The fourth-order valence-electron chi connectivity index (χ4n) is 1.52. The molecule has 0 spiro atoms. The van der Waals surface area contributed by atoms with Crippen LogP contribution in [0.5, 0.6) is 0 Å². The molecule has 0 unspecified atom stereocenters. The van der Waals surface area contributed by atoms with Crippen LogP contribution in [0.25, 0.3) is 0 Å². The van der Waals surface area contributed by atoms with E-state index in [1.807, 2.05) is 20.8 Å². The third-order valence-corrected chi connectivity index (χ3v) is 2.52. The molecule has 0 aliphatic heterocycles. The second kappa shape index (κ2) is 4.10. The molecule has 0 radical (unpaired) electrons. The molecule has 0 fully saturated rings. The summed E-state index contributed by atoms with van der Waals surface area (Å²) in [6.07, 6.45) is 0. The first-order valence-electron chi connectivity index (χ1n) is 5.26. The second-order valence-corrected chi connectivity index (χ2v) is 5.20. The largest absolute Gasteiger partial charge is 0.337 e. The normalized spacial score (nSPS) is 12.1. The summed E-state index contributed by atoms with van der Waals surface area (Å²) in [6, 6.07) is 0. The van der Waals surface area contributed by atoms with E-state index in [-0.39, 0.29) is 5.41 Å². The van der Waals surface area contributed by atoms with Gasteiger partial charge in [-0.25, -0.2) is 0 Å². The Balaban J connectivity index is 2.35. The zero-order chi connectivity index (χ0) is 12.6. The molecule has 0 aliphatic rings. The highest BCUT2D eigenvalue weighted by Gasteiger charge is 2.24. The van der Waals surface area contributed by atoms with Gasteiger partial charge in [0, 0.05) is 5.41 Å². The van der Waals surface area contributed by atoms with Crippen molar-refractivity contribution in [3.63, 3.8) is 0 Å². The molecule has 2 aromatic heterocycles. The highest BCUT2D eigenvalue weighted by molar-refractivity contribution is 6.28. The molecule has 0 amide bonds. The molecule has 17 heavy (non-hydrogen) atoms. The van der Waals surface area contributed by atoms with Gasteiger partial charge in [-0.1, -0.05) is 25.9 Å². The van der Waals surface area contributed by atoms with Crippen molar-refractivity contribution in [3.05, 3.63) is 22.8 Å². The summed E-state index contributed by atoms with van der Waals surface area (Å²) in [5.74, 6) is 1.88. The zero-order valence-electron chi connectivity index (χ0n) is 10.2. The maximum Gasteiger partial charge on any atom is 0.246 e. The standard InChI is InChI=1S/C10H14ClN5O/c1-6-12-7(17-15-6)5-16-8(10(2,3)4)13-14-9(16)11/h5H2,1-4H3. The molecule has 7 heteroatoms. The average molecular weight is 256 g/mol. The van der Waals surface area contributed by atoms with E-state index in [0.29, 0.717) is 23.5 Å². The molecule has 0 atom stereocenters. The van der Waals surface area contributed by atoms with E-state index in [0.717, 1.165) is 5.82 Å². The van der Waals surface area contributed by atoms with Gasteiger partial charge < -0.3 is 4.52 Å². The number of aryl methyl sites for hydroxylation is 1.